The molecule has 0 saturated heterocycles. The third kappa shape index (κ3) is 3.46. The lowest BCUT2D eigenvalue weighted by Crippen LogP contribution is -2.35. The number of benzene rings is 1. The molecule has 104 valence electrons. The van der Waals surface area contributed by atoms with Gasteiger partial charge in [-0.15, -0.1) is 0 Å². The lowest BCUT2D eigenvalue weighted by Gasteiger charge is -2.21. The molecule has 1 saturated carbocycles. The Bertz CT molecular complexity index is 583. The van der Waals surface area contributed by atoms with Crippen molar-refractivity contribution in [3.05, 3.63) is 29.3 Å². The number of rotatable bonds is 6. The van der Waals surface area contributed by atoms with Gasteiger partial charge in [0.1, 0.15) is 0 Å². The van der Waals surface area contributed by atoms with Gasteiger partial charge in [0.25, 0.3) is 0 Å². The fraction of sp³-hybridized carbons (Fsp3) is 0.417. The molecular weight excluding hydrogens is 290 g/mol. The smallest absolute Gasteiger partial charge is 0.304 e. The molecule has 0 aliphatic heterocycles. The Kier molecular flexibility index (Phi) is 4.13. The first-order chi connectivity index (χ1) is 8.91. The standard InChI is InChI=1S/C12H14ClNO4S/c13-9-2-1-3-11(8-9)19(17,18)14(10-4-5-10)7-6-12(15)16/h1-3,8,10H,4-7H2,(H,15,16). The number of hydrogen-bond donors (Lipinski definition) is 1. The van der Waals surface area contributed by atoms with Crippen molar-refractivity contribution in [2.24, 2.45) is 0 Å². The van der Waals surface area contributed by atoms with Crippen LogP contribution in [-0.2, 0) is 14.8 Å². The molecule has 1 aliphatic rings. The van der Waals surface area contributed by atoms with E-state index in [0.29, 0.717) is 5.02 Å². The lowest BCUT2D eigenvalue weighted by atomic mass is 10.4. The van der Waals surface area contributed by atoms with Crippen LogP contribution < -0.4 is 0 Å². The summed E-state index contributed by atoms with van der Waals surface area (Å²) in [7, 11) is -3.67. The monoisotopic (exact) mass is 303 g/mol. The van der Waals surface area contributed by atoms with E-state index < -0.39 is 16.0 Å². The molecule has 7 heteroatoms. The van der Waals surface area contributed by atoms with Crippen LogP contribution in [0.5, 0.6) is 0 Å². The molecule has 0 radical (unpaired) electrons. The summed E-state index contributed by atoms with van der Waals surface area (Å²) in [5, 5.41) is 9.05. The minimum absolute atomic E-state index is 0.00511. The van der Waals surface area contributed by atoms with E-state index in [4.69, 9.17) is 16.7 Å². The van der Waals surface area contributed by atoms with Gasteiger partial charge < -0.3 is 5.11 Å². The molecule has 2 rings (SSSR count). The van der Waals surface area contributed by atoms with Crippen LogP contribution in [0, 0.1) is 0 Å². The number of carboxylic acid groups (broad SMARTS) is 1. The van der Waals surface area contributed by atoms with Gasteiger partial charge in [0, 0.05) is 17.6 Å². The molecule has 0 spiro atoms. The minimum atomic E-state index is -3.67. The summed E-state index contributed by atoms with van der Waals surface area (Å²) < 4.78 is 26.2. The van der Waals surface area contributed by atoms with Crippen molar-refractivity contribution in [3.63, 3.8) is 0 Å². The molecule has 0 amide bonds. The van der Waals surface area contributed by atoms with Crippen LogP contribution >= 0.6 is 11.6 Å². The third-order valence-corrected chi connectivity index (χ3v) is 5.09. The van der Waals surface area contributed by atoms with Crippen LogP contribution in [-0.4, -0.2) is 36.4 Å². The highest BCUT2D eigenvalue weighted by Crippen LogP contribution is 2.32. The molecule has 1 aromatic rings. The quantitative estimate of drug-likeness (QED) is 0.872. The van der Waals surface area contributed by atoms with Gasteiger partial charge in [-0.3, -0.25) is 4.79 Å². The van der Waals surface area contributed by atoms with Gasteiger partial charge in [0.2, 0.25) is 10.0 Å². The fourth-order valence-corrected chi connectivity index (χ4v) is 3.82. The third-order valence-electron chi connectivity index (χ3n) is 2.90. The summed E-state index contributed by atoms with van der Waals surface area (Å²) in [6.07, 6.45) is 1.36. The summed E-state index contributed by atoms with van der Waals surface area (Å²) in [5.74, 6) is -1.01. The zero-order chi connectivity index (χ0) is 14.0. The Morgan fingerprint density at radius 1 is 1.42 bits per heavy atom. The van der Waals surface area contributed by atoms with Gasteiger partial charge in [-0.1, -0.05) is 17.7 Å². The molecular formula is C12H14ClNO4S. The predicted molar refractivity (Wildman–Crippen MR) is 70.6 cm³/mol. The molecule has 1 aromatic carbocycles. The van der Waals surface area contributed by atoms with Crippen LogP contribution in [0.1, 0.15) is 19.3 Å². The number of halogens is 1. The highest BCUT2D eigenvalue weighted by atomic mass is 35.5. The van der Waals surface area contributed by atoms with Crippen LogP contribution in [0.25, 0.3) is 0 Å². The maximum atomic E-state index is 12.5. The lowest BCUT2D eigenvalue weighted by molar-refractivity contribution is -0.137. The van der Waals surface area contributed by atoms with E-state index in [2.05, 4.69) is 0 Å². The van der Waals surface area contributed by atoms with Crippen LogP contribution in [0.2, 0.25) is 5.02 Å². The van der Waals surface area contributed by atoms with Gasteiger partial charge in [-0.05, 0) is 31.0 Å². The molecule has 1 N–H and O–H groups in total. The van der Waals surface area contributed by atoms with Crippen molar-refractivity contribution < 1.29 is 18.3 Å². The summed E-state index contributed by atoms with van der Waals surface area (Å²) in [5.41, 5.74) is 0. The number of aliphatic carboxylic acids is 1. The molecule has 5 nitrogen and oxygen atoms in total. The van der Waals surface area contributed by atoms with E-state index in [-0.39, 0.29) is 23.9 Å². The number of carbonyl (C=O) groups is 1. The number of carboxylic acids is 1. The summed E-state index contributed by atoms with van der Waals surface area (Å²) in [4.78, 5) is 10.7. The van der Waals surface area contributed by atoms with E-state index >= 15 is 0 Å². The average molecular weight is 304 g/mol. The minimum Gasteiger partial charge on any atom is -0.481 e. The van der Waals surface area contributed by atoms with Gasteiger partial charge in [-0.25, -0.2) is 8.42 Å². The second-order valence-corrected chi connectivity index (χ2v) is 6.78. The second-order valence-electron chi connectivity index (χ2n) is 4.45. The van der Waals surface area contributed by atoms with E-state index in [0.717, 1.165) is 12.8 Å². The Morgan fingerprint density at radius 2 is 2.11 bits per heavy atom. The van der Waals surface area contributed by atoms with Gasteiger partial charge >= 0.3 is 5.97 Å². The van der Waals surface area contributed by atoms with E-state index in [1.54, 1.807) is 12.1 Å². The number of sulfonamides is 1. The van der Waals surface area contributed by atoms with Crippen molar-refractivity contribution in [1.82, 2.24) is 4.31 Å². The molecule has 0 aromatic heterocycles. The van der Waals surface area contributed by atoms with Crippen LogP contribution in [0.15, 0.2) is 29.2 Å². The van der Waals surface area contributed by atoms with Gasteiger partial charge in [-0.2, -0.15) is 4.31 Å². The van der Waals surface area contributed by atoms with Crippen LogP contribution in [0.4, 0.5) is 0 Å². The molecule has 19 heavy (non-hydrogen) atoms. The van der Waals surface area contributed by atoms with Crippen molar-refractivity contribution >= 4 is 27.6 Å². The SMILES string of the molecule is O=C(O)CCN(C1CC1)S(=O)(=O)c1cccc(Cl)c1. The van der Waals surface area contributed by atoms with Gasteiger partial charge in [0.05, 0.1) is 11.3 Å². The topological polar surface area (TPSA) is 74.7 Å². The Balaban J connectivity index is 2.26. The number of hydrogen-bond acceptors (Lipinski definition) is 3. The highest BCUT2D eigenvalue weighted by molar-refractivity contribution is 7.89. The zero-order valence-electron chi connectivity index (χ0n) is 10.1. The molecule has 1 fully saturated rings. The molecule has 0 atom stereocenters. The summed E-state index contributed by atoms with van der Waals surface area (Å²) in [6, 6.07) is 5.93. The fourth-order valence-electron chi connectivity index (χ4n) is 1.83. The summed E-state index contributed by atoms with van der Waals surface area (Å²) >= 11 is 5.80. The molecule has 1 aliphatic carbocycles. The van der Waals surface area contributed by atoms with Crippen molar-refractivity contribution in [1.29, 1.82) is 0 Å². The zero-order valence-corrected chi connectivity index (χ0v) is 11.7. The average Bonchev–Trinajstić information content (AvgIpc) is 3.13. The maximum Gasteiger partial charge on any atom is 0.304 e. The van der Waals surface area contributed by atoms with E-state index in [1.165, 1.54) is 16.4 Å². The van der Waals surface area contributed by atoms with Crippen molar-refractivity contribution in [2.45, 2.75) is 30.2 Å². The molecule has 0 heterocycles. The Labute approximate surface area is 116 Å². The molecule has 0 bridgehead atoms. The van der Waals surface area contributed by atoms with Crippen molar-refractivity contribution in [2.75, 3.05) is 6.54 Å². The molecule has 0 unspecified atom stereocenters. The van der Waals surface area contributed by atoms with Gasteiger partial charge in [0.15, 0.2) is 0 Å². The Hall–Kier alpha value is -1.11. The Morgan fingerprint density at radius 3 is 2.63 bits per heavy atom. The highest BCUT2D eigenvalue weighted by Gasteiger charge is 2.38. The van der Waals surface area contributed by atoms with Crippen molar-refractivity contribution in [3.8, 4) is 0 Å². The number of nitrogens with zero attached hydrogens (tertiary/aromatic N) is 1. The maximum absolute atomic E-state index is 12.5. The summed E-state index contributed by atoms with van der Waals surface area (Å²) in [6.45, 7) is -0.00511. The van der Waals surface area contributed by atoms with Crippen LogP contribution in [0.3, 0.4) is 0 Å². The predicted octanol–water partition coefficient (Wildman–Crippen LogP) is 1.97. The van der Waals surface area contributed by atoms with E-state index in [9.17, 15) is 13.2 Å². The first-order valence-electron chi connectivity index (χ1n) is 5.90. The first-order valence-corrected chi connectivity index (χ1v) is 7.72. The largest absolute Gasteiger partial charge is 0.481 e. The normalized spacial score (nSPS) is 15.7. The first kappa shape index (κ1) is 14.3. The second kappa shape index (κ2) is 5.48. The van der Waals surface area contributed by atoms with E-state index in [1.807, 2.05) is 0 Å².